The molecule has 1 N–H and O–H groups in total. The fourth-order valence-electron chi connectivity index (χ4n) is 1.16. The molecular formula is C10H12N2O4. The summed E-state index contributed by atoms with van der Waals surface area (Å²) in [7, 11) is 0. The van der Waals surface area contributed by atoms with Gasteiger partial charge in [-0.1, -0.05) is 12.1 Å². The molecule has 0 aliphatic carbocycles. The Balaban J connectivity index is 2.53. The third-order valence-electron chi connectivity index (χ3n) is 1.82. The first-order valence-corrected chi connectivity index (χ1v) is 4.72. The molecule has 1 aromatic rings. The molecule has 0 unspecified atom stereocenters. The molecule has 1 rings (SSSR count). The second-order valence-corrected chi connectivity index (χ2v) is 3.04. The number of nitrogens with zero attached hydrogens (tertiary/aromatic N) is 1. The van der Waals surface area contributed by atoms with E-state index >= 15 is 0 Å². The van der Waals surface area contributed by atoms with Crippen LogP contribution in [0, 0.1) is 10.1 Å². The lowest BCUT2D eigenvalue weighted by atomic mass is 10.2. The summed E-state index contributed by atoms with van der Waals surface area (Å²) in [6.07, 6.45) is 0. The summed E-state index contributed by atoms with van der Waals surface area (Å²) in [4.78, 5) is 20.7. The number of ether oxygens (including phenoxy) is 1. The van der Waals surface area contributed by atoms with Crippen molar-refractivity contribution < 1.29 is 14.5 Å². The van der Waals surface area contributed by atoms with E-state index in [-0.39, 0.29) is 18.3 Å². The topological polar surface area (TPSA) is 81.5 Å². The van der Waals surface area contributed by atoms with Crippen LogP contribution in [-0.2, 0) is 9.53 Å². The van der Waals surface area contributed by atoms with E-state index < -0.39 is 4.92 Å². The number of para-hydroxylation sites is 2. The normalized spacial score (nSPS) is 9.56. The van der Waals surface area contributed by atoms with Crippen LogP contribution in [0.25, 0.3) is 0 Å². The van der Waals surface area contributed by atoms with Crippen molar-refractivity contribution in [2.24, 2.45) is 0 Å². The molecule has 0 spiro atoms. The van der Waals surface area contributed by atoms with Gasteiger partial charge in [0.25, 0.3) is 5.69 Å². The maximum atomic E-state index is 10.6. The zero-order valence-corrected chi connectivity index (χ0v) is 8.80. The Labute approximate surface area is 92.4 Å². The highest BCUT2D eigenvalue weighted by Gasteiger charge is 2.11. The summed E-state index contributed by atoms with van der Waals surface area (Å²) in [6.45, 7) is 1.83. The van der Waals surface area contributed by atoms with Crippen LogP contribution in [0.1, 0.15) is 6.92 Å². The second kappa shape index (κ2) is 5.69. The molecule has 0 amide bonds. The van der Waals surface area contributed by atoms with Crippen LogP contribution in [-0.4, -0.2) is 24.0 Å². The Hall–Kier alpha value is -2.11. The van der Waals surface area contributed by atoms with Gasteiger partial charge in [-0.3, -0.25) is 14.9 Å². The fourth-order valence-corrected chi connectivity index (χ4v) is 1.16. The molecule has 0 aromatic heterocycles. The van der Waals surface area contributed by atoms with Crippen LogP contribution in [0.3, 0.4) is 0 Å². The fraction of sp³-hybridized carbons (Fsp3) is 0.300. The number of carbonyl (C=O) groups is 1. The average molecular weight is 224 g/mol. The van der Waals surface area contributed by atoms with E-state index in [0.717, 1.165) is 0 Å². The van der Waals surface area contributed by atoms with E-state index in [9.17, 15) is 14.9 Å². The SMILES string of the molecule is CC(=O)OCCNc1ccccc1[N+](=O)[O-]. The van der Waals surface area contributed by atoms with Gasteiger partial charge in [-0.2, -0.15) is 0 Å². The van der Waals surface area contributed by atoms with Gasteiger partial charge in [-0.25, -0.2) is 0 Å². The Bertz CT molecular complexity index is 392. The highest BCUT2D eigenvalue weighted by atomic mass is 16.6. The molecule has 0 heterocycles. The minimum absolute atomic E-state index is 0.00493. The van der Waals surface area contributed by atoms with Crippen molar-refractivity contribution in [3.63, 3.8) is 0 Å². The van der Waals surface area contributed by atoms with Gasteiger partial charge < -0.3 is 10.1 Å². The maximum Gasteiger partial charge on any atom is 0.302 e. The van der Waals surface area contributed by atoms with E-state index in [1.54, 1.807) is 18.2 Å². The molecule has 0 atom stereocenters. The summed E-state index contributed by atoms with van der Waals surface area (Å²) in [5.74, 6) is -0.371. The molecule has 1 aromatic carbocycles. The minimum atomic E-state index is -0.464. The van der Waals surface area contributed by atoms with Gasteiger partial charge in [0.2, 0.25) is 0 Å². The summed E-state index contributed by atoms with van der Waals surface area (Å²) < 4.78 is 4.69. The van der Waals surface area contributed by atoms with Crippen LogP contribution in [0.5, 0.6) is 0 Å². The molecular weight excluding hydrogens is 212 g/mol. The molecule has 0 aliphatic heterocycles. The molecule has 86 valence electrons. The lowest BCUT2D eigenvalue weighted by molar-refractivity contribution is -0.384. The Morgan fingerprint density at radius 1 is 1.50 bits per heavy atom. The predicted octanol–water partition coefficient (Wildman–Crippen LogP) is 1.57. The maximum absolute atomic E-state index is 10.6. The lowest BCUT2D eigenvalue weighted by Gasteiger charge is -2.06. The van der Waals surface area contributed by atoms with Gasteiger partial charge in [-0.15, -0.1) is 0 Å². The highest BCUT2D eigenvalue weighted by Crippen LogP contribution is 2.22. The quantitative estimate of drug-likeness (QED) is 0.355. The number of hydrogen-bond acceptors (Lipinski definition) is 5. The van der Waals surface area contributed by atoms with Gasteiger partial charge in [0.15, 0.2) is 0 Å². The summed E-state index contributed by atoms with van der Waals surface area (Å²) in [6, 6.07) is 6.30. The molecule has 6 nitrogen and oxygen atoms in total. The van der Waals surface area contributed by atoms with Crippen molar-refractivity contribution in [3.8, 4) is 0 Å². The third kappa shape index (κ3) is 3.56. The van der Waals surface area contributed by atoms with Crippen molar-refractivity contribution in [2.75, 3.05) is 18.5 Å². The van der Waals surface area contributed by atoms with Gasteiger partial charge in [0.1, 0.15) is 12.3 Å². The molecule has 0 saturated heterocycles. The number of nitrogens with one attached hydrogen (secondary N) is 1. The van der Waals surface area contributed by atoms with Crippen LogP contribution in [0.4, 0.5) is 11.4 Å². The molecule has 0 saturated carbocycles. The van der Waals surface area contributed by atoms with Gasteiger partial charge in [0.05, 0.1) is 4.92 Å². The summed E-state index contributed by atoms with van der Waals surface area (Å²) >= 11 is 0. The van der Waals surface area contributed by atoms with Crippen molar-refractivity contribution in [2.45, 2.75) is 6.92 Å². The van der Waals surface area contributed by atoms with Crippen molar-refractivity contribution in [1.29, 1.82) is 0 Å². The number of esters is 1. The monoisotopic (exact) mass is 224 g/mol. The number of anilines is 1. The van der Waals surface area contributed by atoms with Crippen LogP contribution < -0.4 is 5.32 Å². The van der Waals surface area contributed by atoms with Crippen LogP contribution in [0.15, 0.2) is 24.3 Å². The number of hydrogen-bond donors (Lipinski definition) is 1. The molecule has 0 fully saturated rings. The molecule has 6 heteroatoms. The van der Waals surface area contributed by atoms with Gasteiger partial charge in [-0.05, 0) is 6.07 Å². The van der Waals surface area contributed by atoms with Gasteiger partial charge >= 0.3 is 5.97 Å². The largest absolute Gasteiger partial charge is 0.464 e. The highest BCUT2D eigenvalue weighted by molar-refractivity contribution is 5.66. The Morgan fingerprint density at radius 3 is 2.81 bits per heavy atom. The number of benzene rings is 1. The number of carbonyl (C=O) groups excluding carboxylic acids is 1. The number of nitro benzene ring substituents is 1. The zero-order chi connectivity index (χ0) is 12.0. The van der Waals surface area contributed by atoms with E-state index in [1.807, 2.05) is 0 Å². The van der Waals surface area contributed by atoms with Crippen molar-refractivity contribution in [1.82, 2.24) is 0 Å². The summed E-state index contributed by atoms with van der Waals surface area (Å²) in [5.41, 5.74) is 0.421. The van der Waals surface area contributed by atoms with E-state index in [2.05, 4.69) is 5.32 Å². The smallest absolute Gasteiger partial charge is 0.302 e. The van der Waals surface area contributed by atoms with Crippen LogP contribution in [0.2, 0.25) is 0 Å². The number of nitro groups is 1. The number of rotatable bonds is 5. The summed E-state index contributed by atoms with van der Waals surface area (Å²) in [5, 5.41) is 13.5. The predicted molar refractivity (Wildman–Crippen MR) is 58.2 cm³/mol. The zero-order valence-electron chi connectivity index (χ0n) is 8.80. The average Bonchev–Trinajstić information content (AvgIpc) is 2.24. The standard InChI is InChI=1S/C10H12N2O4/c1-8(13)16-7-6-11-9-4-2-3-5-10(9)12(14)15/h2-5,11H,6-7H2,1H3. The Kier molecular flexibility index (Phi) is 4.26. The van der Waals surface area contributed by atoms with E-state index in [4.69, 9.17) is 4.74 Å². The first-order valence-electron chi connectivity index (χ1n) is 4.72. The van der Waals surface area contributed by atoms with E-state index in [1.165, 1.54) is 13.0 Å². The Morgan fingerprint density at radius 2 is 2.19 bits per heavy atom. The third-order valence-corrected chi connectivity index (χ3v) is 1.82. The second-order valence-electron chi connectivity index (χ2n) is 3.04. The molecule has 0 aliphatic rings. The van der Waals surface area contributed by atoms with Gasteiger partial charge in [0, 0.05) is 19.5 Å². The first-order chi connectivity index (χ1) is 7.61. The molecule has 0 bridgehead atoms. The van der Waals surface area contributed by atoms with Crippen molar-refractivity contribution in [3.05, 3.63) is 34.4 Å². The first kappa shape index (κ1) is 12.0. The lowest BCUT2D eigenvalue weighted by Crippen LogP contribution is -2.12. The van der Waals surface area contributed by atoms with E-state index in [0.29, 0.717) is 12.2 Å². The van der Waals surface area contributed by atoms with Crippen molar-refractivity contribution >= 4 is 17.3 Å². The molecule has 16 heavy (non-hydrogen) atoms. The molecule has 0 radical (unpaired) electrons. The van der Waals surface area contributed by atoms with Crippen LogP contribution >= 0.6 is 0 Å². The minimum Gasteiger partial charge on any atom is -0.464 e.